The van der Waals surface area contributed by atoms with Crippen molar-refractivity contribution in [3.05, 3.63) is 42.1 Å². The quantitative estimate of drug-likeness (QED) is 0.897. The van der Waals surface area contributed by atoms with Gasteiger partial charge in [0.25, 0.3) is 0 Å². The summed E-state index contributed by atoms with van der Waals surface area (Å²) in [6.45, 7) is 4.02. The summed E-state index contributed by atoms with van der Waals surface area (Å²) in [5.74, 6) is 1.60. The van der Waals surface area contributed by atoms with Gasteiger partial charge in [-0.1, -0.05) is 19.1 Å². The van der Waals surface area contributed by atoms with Crippen LogP contribution in [0.4, 0.5) is 30.6 Å². The first-order chi connectivity index (χ1) is 11.4. The van der Waals surface area contributed by atoms with E-state index in [9.17, 15) is 13.2 Å². The molecule has 3 rings (SSSR count). The van der Waals surface area contributed by atoms with Gasteiger partial charge in [0.1, 0.15) is 5.82 Å². The highest BCUT2D eigenvalue weighted by atomic mass is 19.4. The topological polar surface area (TPSA) is 41.1 Å². The van der Waals surface area contributed by atoms with Crippen molar-refractivity contribution in [3.63, 3.8) is 0 Å². The van der Waals surface area contributed by atoms with E-state index in [1.54, 1.807) is 18.3 Å². The van der Waals surface area contributed by atoms with Crippen LogP contribution in [0.15, 0.2) is 36.5 Å². The summed E-state index contributed by atoms with van der Waals surface area (Å²) in [6.07, 6.45) is -0.684. The Morgan fingerprint density at radius 2 is 1.83 bits per heavy atom. The molecule has 0 amide bonds. The van der Waals surface area contributed by atoms with E-state index in [1.165, 1.54) is 12.1 Å². The second kappa shape index (κ2) is 6.67. The van der Waals surface area contributed by atoms with Crippen LogP contribution in [0.2, 0.25) is 0 Å². The number of benzene rings is 1. The first-order valence-corrected chi connectivity index (χ1v) is 7.95. The molecule has 24 heavy (non-hydrogen) atoms. The Hall–Kier alpha value is -2.31. The fourth-order valence-corrected chi connectivity index (χ4v) is 2.78. The van der Waals surface area contributed by atoms with Gasteiger partial charge in [-0.25, -0.2) is 4.98 Å². The Balaban J connectivity index is 1.81. The van der Waals surface area contributed by atoms with Crippen LogP contribution < -0.4 is 10.2 Å². The fraction of sp³-hybridized carbons (Fsp3) is 0.412. The molecule has 2 heterocycles. The number of hydrogen-bond donors (Lipinski definition) is 1. The van der Waals surface area contributed by atoms with Crippen molar-refractivity contribution in [1.29, 1.82) is 0 Å². The van der Waals surface area contributed by atoms with Gasteiger partial charge in [0.15, 0.2) is 0 Å². The Bertz CT molecular complexity index is 694. The number of rotatable bonds is 3. The number of halogens is 3. The minimum absolute atomic E-state index is 0.0468. The highest BCUT2D eigenvalue weighted by Crippen LogP contribution is 2.35. The fourth-order valence-electron chi connectivity index (χ4n) is 2.78. The maximum Gasteiger partial charge on any atom is 0.418 e. The summed E-state index contributed by atoms with van der Waals surface area (Å²) >= 11 is 0. The van der Waals surface area contributed by atoms with Crippen molar-refractivity contribution < 1.29 is 13.2 Å². The number of nitrogens with zero attached hydrogens (tertiary/aromatic N) is 3. The number of anilines is 3. The van der Waals surface area contributed by atoms with E-state index in [1.807, 2.05) is 0 Å². The van der Waals surface area contributed by atoms with Crippen LogP contribution in [0.3, 0.4) is 0 Å². The van der Waals surface area contributed by atoms with E-state index in [0.717, 1.165) is 37.8 Å². The van der Waals surface area contributed by atoms with E-state index in [-0.39, 0.29) is 11.6 Å². The second-order valence-corrected chi connectivity index (χ2v) is 6.08. The first-order valence-electron chi connectivity index (χ1n) is 7.95. The van der Waals surface area contributed by atoms with E-state index in [0.29, 0.717) is 5.92 Å². The molecule has 1 aliphatic heterocycles. The number of nitrogens with one attached hydrogen (secondary N) is 1. The van der Waals surface area contributed by atoms with Gasteiger partial charge in [-0.05, 0) is 37.0 Å². The van der Waals surface area contributed by atoms with Crippen LogP contribution in [0, 0.1) is 5.92 Å². The molecular weight excluding hydrogens is 317 g/mol. The van der Waals surface area contributed by atoms with E-state index < -0.39 is 11.7 Å². The summed E-state index contributed by atoms with van der Waals surface area (Å²) in [6, 6.07) is 7.12. The molecule has 0 unspecified atom stereocenters. The molecule has 4 nitrogen and oxygen atoms in total. The SMILES string of the molecule is CC1CCN(c2ccnc(Nc3ccccc3C(F)(F)F)n2)CC1. The Morgan fingerprint density at radius 3 is 2.54 bits per heavy atom. The molecule has 1 aliphatic rings. The third-order valence-electron chi connectivity index (χ3n) is 4.23. The zero-order valence-electron chi connectivity index (χ0n) is 13.3. The lowest BCUT2D eigenvalue weighted by Crippen LogP contribution is -2.33. The van der Waals surface area contributed by atoms with Gasteiger partial charge in [0.2, 0.25) is 5.95 Å². The van der Waals surface area contributed by atoms with E-state index in [2.05, 4.69) is 27.1 Å². The minimum Gasteiger partial charge on any atom is -0.356 e. The lowest BCUT2D eigenvalue weighted by atomic mass is 9.99. The normalized spacial score (nSPS) is 16.2. The maximum atomic E-state index is 13.1. The zero-order chi connectivity index (χ0) is 17.2. The third kappa shape index (κ3) is 3.77. The molecule has 0 radical (unpaired) electrons. The average molecular weight is 336 g/mol. The van der Waals surface area contributed by atoms with Gasteiger partial charge in [0.05, 0.1) is 11.3 Å². The number of piperidine rings is 1. The Kier molecular flexibility index (Phi) is 4.59. The van der Waals surface area contributed by atoms with E-state index >= 15 is 0 Å². The molecule has 0 spiro atoms. The summed E-state index contributed by atoms with van der Waals surface area (Å²) in [5.41, 5.74) is -0.778. The molecule has 0 bridgehead atoms. The molecule has 1 aromatic carbocycles. The molecule has 1 N–H and O–H groups in total. The Morgan fingerprint density at radius 1 is 1.12 bits per heavy atom. The molecule has 0 saturated carbocycles. The predicted molar refractivity (Wildman–Crippen MR) is 87.4 cm³/mol. The molecule has 0 atom stereocenters. The summed E-state index contributed by atoms with van der Waals surface area (Å²) < 4.78 is 39.2. The molecule has 128 valence electrons. The summed E-state index contributed by atoms with van der Waals surface area (Å²) in [4.78, 5) is 10.6. The monoisotopic (exact) mass is 336 g/mol. The van der Waals surface area contributed by atoms with Gasteiger partial charge < -0.3 is 10.2 Å². The van der Waals surface area contributed by atoms with Crippen LogP contribution >= 0.6 is 0 Å². The van der Waals surface area contributed by atoms with Gasteiger partial charge in [0, 0.05) is 19.3 Å². The van der Waals surface area contributed by atoms with Crippen molar-refractivity contribution in [3.8, 4) is 0 Å². The third-order valence-corrected chi connectivity index (χ3v) is 4.23. The van der Waals surface area contributed by atoms with Crippen molar-refractivity contribution in [2.24, 2.45) is 5.92 Å². The number of para-hydroxylation sites is 1. The lowest BCUT2D eigenvalue weighted by Gasteiger charge is -2.31. The molecular formula is C17H19F3N4. The number of aromatic nitrogens is 2. The molecule has 7 heteroatoms. The molecule has 2 aromatic rings. The summed E-state index contributed by atoms with van der Waals surface area (Å²) in [7, 11) is 0. The largest absolute Gasteiger partial charge is 0.418 e. The van der Waals surface area contributed by atoms with Crippen molar-refractivity contribution in [2.45, 2.75) is 25.9 Å². The molecule has 1 aromatic heterocycles. The van der Waals surface area contributed by atoms with Gasteiger partial charge in [-0.15, -0.1) is 0 Å². The second-order valence-electron chi connectivity index (χ2n) is 6.08. The highest BCUT2D eigenvalue weighted by molar-refractivity contribution is 5.60. The highest BCUT2D eigenvalue weighted by Gasteiger charge is 2.33. The predicted octanol–water partition coefficient (Wildman–Crippen LogP) is 4.48. The van der Waals surface area contributed by atoms with Crippen molar-refractivity contribution in [1.82, 2.24) is 9.97 Å². The van der Waals surface area contributed by atoms with Gasteiger partial charge in [-0.3, -0.25) is 0 Å². The van der Waals surface area contributed by atoms with Gasteiger partial charge >= 0.3 is 6.18 Å². The van der Waals surface area contributed by atoms with Crippen LogP contribution in [-0.4, -0.2) is 23.1 Å². The van der Waals surface area contributed by atoms with Crippen LogP contribution in [-0.2, 0) is 6.18 Å². The maximum absolute atomic E-state index is 13.1. The van der Waals surface area contributed by atoms with Crippen LogP contribution in [0.25, 0.3) is 0 Å². The molecule has 1 saturated heterocycles. The molecule has 0 aliphatic carbocycles. The number of hydrogen-bond acceptors (Lipinski definition) is 4. The minimum atomic E-state index is -4.43. The van der Waals surface area contributed by atoms with Crippen LogP contribution in [0.5, 0.6) is 0 Å². The average Bonchev–Trinajstić information content (AvgIpc) is 2.55. The van der Waals surface area contributed by atoms with Crippen molar-refractivity contribution in [2.75, 3.05) is 23.3 Å². The summed E-state index contributed by atoms with van der Waals surface area (Å²) in [5, 5.41) is 2.70. The standard InChI is InChI=1S/C17H19F3N4/c1-12-7-10-24(11-8-12)15-6-9-21-16(23-15)22-14-5-3-2-4-13(14)17(18,19)20/h2-6,9,12H,7-8,10-11H2,1H3,(H,21,22,23). The first kappa shape index (κ1) is 16.5. The number of alkyl halides is 3. The van der Waals surface area contributed by atoms with E-state index in [4.69, 9.17) is 0 Å². The smallest absolute Gasteiger partial charge is 0.356 e. The lowest BCUT2D eigenvalue weighted by molar-refractivity contribution is -0.136. The molecule has 1 fully saturated rings. The van der Waals surface area contributed by atoms with Crippen LogP contribution in [0.1, 0.15) is 25.3 Å². The zero-order valence-corrected chi connectivity index (χ0v) is 13.3. The van der Waals surface area contributed by atoms with Gasteiger partial charge in [-0.2, -0.15) is 18.2 Å². The van der Waals surface area contributed by atoms with Crippen molar-refractivity contribution >= 4 is 17.5 Å². The Labute approximate surface area is 138 Å².